The van der Waals surface area contributed by atoms with Crippen LogP contribution < -0.4 is 19.1 Å². The van der Waals surface area contributed by atoms with E-state index >= 15 is 0 Å². The molecule has 0 N–H and O–H groups in total. The lowest BCUT2D eigenvalue weighted by Gasteiger charge is -2.36. The van der Waals surface area contributed by atoms with E-state index in [9.17, 15) is 4.79 Å². The fourth-order valence-corrected chi connectivity index (χ4v) is 3.51. The number of amides is 1. The second-order valence-corrected chi connectivity index (χ2v) is 6.76. The maximum atomic E-state index is 12.7. The zero-order chi connectivity index (χ0) is 19.9. The SMILES string of the molecule is COc1cc(CCC(=O)N2CCN(c3ccccc3OC)CC2)cc(OC)c1. The van der Waals surface area contributed by atoms with E-state index in [1.807, 2.05) is 41.3 Å². The topological polar surface area (TPSA) is 51.2 Å². The molecule has 150 valence electrons. The number of anilines is 1. The summed E-state index contributed by atoms with van der Waals surface area (Å²) in [5.74, 6) is 2.54. The van der Waals surface area contributed by atoms with Gasteiger partial charge in [0.1, 0.15) is 17.2 Å². The van der Waals surface area contributed by atoms with Gasteiger partial charge in [0.2, 0.25) is 5.91 Å². The average molecular weight is 384 g/mol. The van der Waals surface area contributed by atoms with Crippen LogP contribution in [0, 0.1) is 0 Å². The number of rotatable bonds is 7. The number of methoxy groups -OCH3 is 3. The molecule has 1 aliphatic rings. The lowest BCUT2D eigenvalue weighted by atomic mass is 10.1. The standard InChI is InChI=1S/C22H28N2O4/c1-26-18-14-17(15-19(16-18)27-2)8-9-22(25)24-12-10-23(11-13-24)20-6-4-5-7-21(20)28-3/h4-7,14-16H,8-13H2,1-3H3. The first-order valence-corrected chi connectivity index (χ1v) is 9.52. The molecule has 1 saturated heterocycles. The van der Waals surface area contributed by atoms with Crippen molar-refractivity contribution in [1.29, 1.82) is 0 Å². The Hall–Kier alpha value is -2.89. The Morgan fingerprint density at radius 3 is 2.14 bits per heavy atom. The van der Waals surface area contributed by atoms with Crippen molar-refractivity contribution in [1.82, 2.24) is 4.90 Å². The van der Waals surface area contributed by atoms with Crippen LogP contribution in [0.5, 0.6) is 17.2 Å². The van der Waals surface area contributed by atoms with Gasteiger partial charge < -0.3 is 24.0 Å². The summed E-state index contributed by atoms with van der Waals surface area (Å²) < 4.78 is 16.1. The zero-order valence-electron chi connectivity index (χ0n) is 16.8. The van der Waals surface area contributed by atoms with E-state index in [1.165, 1.54) is 0 Å². The number of ether oxygens (including phenoxy) is 3. The van der Waals surface area contributed by atoms with Gasteiger partial charge in [-0.1, -0.05) is 12.1 Å². The van der Waals surface area contributed by atoms with Crippen LogP contribution in [0.1, 0.15) is 12.0 Å². The van der Waals surface area contributed by atoms with Gasteiger partial charge in [0.15, 0.2) is 0 Å². The Morgan fingerprint density at radius 2 is 1.54 bits per heavy atom. The predicted molar refractivity (Wildman–Crippen MR) is 110 cm³/mol. The summed E-state index contributed by atoms with van der Waals surface area (Å²) in [6, 6.07) is 13.8. The molecule has 6 nitrogen and oxygen atoms in total. The maximum absolute atomic E-state index is 12.7. The average Bonchev–Trinajstić information content (AvgIpc) is 2.77. The predicted octanol–water partition coefficient (Wildman–Crippen LogP) is 2.99. The first kappa shape index (κ1) is 19.9. The molecule has 1 aliphatic heterocycles. The highest BCUT2D eigenvalue weighted by molar-refractivity contribution is 5.77. The van der Waals surface area contributed by atoms with E-state index in [4.69, 9.17) is 14.2 Å². The monoisotopic (exact) mass is 384 g/mol. The highest BCUT2D eigenvalue weighted by Crippen LogP contribution is 2.28. The van der Waals surface area contributed by atoms with Crippen LogP contribution >= 0.6 is 0 Å². The summed E-state index contributed by atoms with van der Waals surface area (Å²) in [5.41, 5.74) is 2.12. The van der Waals surface area contributed by atoms with Gasteiger partial charge in [-0.2, -0.15) is 0 Å². The molecular weight excluding hydrogens is 356 g/mol. The zero-order valence-corrected chi connectivity index (χ0v) is 16.8. The maximum Gasteiger partial charge on any atom is 0.223 e. The summed E-state index contributed by atoms with van der Waals surface area (Å²) in [7, 11) is 4.95. The van der Waals surface area contributed by atoms with Gasteiger partial charge in [-0.15, -0.1) is 0 Å². The number of hydrogen-bond acceptors (Lipinski definition) is 5. The molecule has 0 atom stereocenters. The summed E-state index contributed by atoms with van der Waals surface area (Å²) >= 11 is 0. The number of para-hydroxylation sites is 2. The summed E-state index contributed by atoms with van der Waals surface area (Å²) in [4.78, 5) is 16.9. The Morgan fingerprint density at radius 1 is 0.893 bits per heavy atom. The third-order valence-electron chi connectivity index (χ3n) is 5.10. The van der Waals surface area contributed by atoms with E-state index in [2.05, 4.69) is 11.0 Å². The summed E-state index contributed by atoms with van der Waals surface area (Å²) in [6.07, 6.45) is 1.14. The van der Waals surface area contributed by atoms with Crippen molar-refractivity contribution >= 4 is 11.6 Å². The quantitative estimate of drug-likeness (QED) is 0.735. The van der Waals surface area contributed by atoms with Crippen LogP contribution in [0.15, 0.2) is 42.5 Å². The van der Waals surface area contributed by atoms with Crippen LogP contribution in [0.3, 0.4) is 0 Å². The fraction of sp³-hybridized carbons (Fsp3) is 0.409. The second-order valence-electron chi connectivity index (χ2n) is 6.76. The van der Waals surface area contributed by atoms with Crippen LogP contribution in [-0.2, 0) is 11.2 Å². The Bertz CT molecular complexity index is 779. The molecule has 0 aromatic heterocycles. The highest BCUT2D eigenvalue weighted by atomic mass is 16.5. The largest absolute Gasteiger partial charge is 0.497 e. The van der Waals surface area contributed by atoms with Crippen molar-refractivity contribution < 1.29 is 19.0 Å². The number of carbonyl (C=O) groups is 1. The van der Waals surface area contributed by atoms with Crippen LogP contribution in [0.2, 0.25) is 0 Å². The van der Waals surface area contributed by atoms with E-state index < -0.39 is 0 Å². The van der Waals surface area contributed by atoms with Crippen molar-refractivity contribution in [3.63, 3.8) is 0 Å². The molecule has 0 aliphatic carbocycles. The lowest BCUT2D eigenvalue weighted by molar-refractivity contribution is -0.131. The minimum absolute atomic E-state index is 0.182. The molecule has 6 heteroatoms. The molecule has 2 aromatic rings. The molecule has 0 unspecified atom stereocenters. The molecule has 1 fully saturated rings. The van der Waals surface area contributed by atoms with Crippen molar-refractivity contribution in [2.24, 2.45) is 0 Å². The molecule has 1 heterocycles. The number of benzene rings is 2. The van der Waals surface area contributed by atoms with Crippen molar-refractivity contribution in [3.05, 3.63) is 48.0 Å². The van der Waals surface area contributed by atoms with Crippen LogP contribution in [-0.4, -0.2) is 58.3 Å². The van der Waals surface area contributed by atoms with Crippen molar-refractivity contribution in [2.45, 2.75) is 12.8 Å². The first-order valence-electron chi connectivity index (χ1n) is 9.52. The van der Waals surface area contributed by atoms with Gasteiger partial charge >= 0.3 is 0 Å². The van der Waals surface area contributed by atoms with Crippen LogP contribution in [0.25, 0.3) is 0 Å². The first-order chi connectivity index (χ1) is 13.6. The number of hydrogen-bond donors (Lipinski definition) is 0. The molecule has 0 radical (unpaired) electrons. The summed E-state index contributed by atoms with van der Waals surface area (Å²) in [5, 5.41) is 0. The number of aryl methyl sites for hydroxylation is 1. The molecule has 3 rings (SSSR count). The normalized spacial score (nSPS) is 14.0. The number of carbonyl (C=O) groups excluding carboxylic acids is 1. The molecule has 0 bridgehead atoms. The van der Waals surface area contributed by atoms with Gasteiger partial charge in [-0.05, 0) is 36.2 Å². The molecule has 2 aromatic carbocycles. The lowest BCUT2D eigenvalue weighted by Crippen LogP contribution is -2.48. The highest BCUT2D eigenvalue weighted by Gasteiger charge is 2.22. The van der Waals surface area contributed by atoms with E-state index in [0.29, 0.717) is 12.8 Å². The second kappa shape index (κ2) is 9.35. The van der Waals surface area contributed by atoms with Gasteiger partial charge in [0.05, 0.1) is 27.0 Å². The minimum Gasteiger partial charge on any atom is -0.497 e. The van der Waals surface area contributed by atoms with E-state index in [-0.39, 0.29) is 5.91 Å². The van der Waals surface area contributed by atoms with Gasteiger partial charge in [0, 0.05) is 38.7 Å². The fourth-order valence-electron chi connectivity index (χ4n) is 3.51. The third-order valence-corrected chi connectivity index (χ3v) is 5.10. The number of nitrogens with zero attached hydrogens (tertiary/aromatic N) is 2. The van der Waals surface area contributed by atoms with Gasteiger partial charge in [0.25, 0.3) is 0 Å². The Labute approximate surface area is 166 Å². The number of piperazine rings is 1. The Balaban J connectivity index is 1.54. The minimum atomic E-state index is 0.182. The molecule has 0 saturated carbocycles. The van der Waals surface area contributed by atoms with Gasteiger partial charge in [-0.25, -0.2) is 0 Å². The molecule has 28 heavy (non-hydrogen) atoms. The van der Waals surface area contributed by atoms with Crippen molar-refractivity contribution in [3.8, 4) is 17.2 Å². The van der Waals surface area contributed by atoms with E-state index in [1.54, 1.807) is 21.3 Å². The van der Waals surface area contributed by atoms with E-state index in [0.717, 1.165) is 54.7 Å². The van der Waals surface area contributed by atoms with Crippen molar-refractivity contribution in [2.75, 3.05) is 52.4 Å². The summed E-state index contributed by atoms with van der Waals surface area (Å²) in [6.45, 7) is 3.05. The van der Waals surface area contributed by atoms with Gasteiger partial charge in [-0.3, -0.25) is 4.79 Å². The Kier molecular flexibility index (Phi) is 6.63. The molecular formula is C22H28N2O4. The molecule has 1 amide bonds. The third kappa shape index (κ3) is 4.68. The molecule has 0 spiro atoms. The van der Waals surface area contributed by atoms with Crippen LogP contribution in [0.4, 0.5) is 5.69 Å². The smallest absolute Gasteiger partial charge is 0.223 e.